The number of hydrogen-bond donors (Lipinski definition) is 0. The van der Waals surface area contributed by atoms with Crippen LogP contribution in [0, 0.1) is 10.2 Å². The Bertz CT molecular complexity index is 52.4. The van der Waals surface area contributed by atoms with Crippen molar-refractivity contribution in [2.75, 3.05) is 0 Å². The zero-order chi connectivity index (χ0) is 4.28. The fourth-order valence-electron chi connectivity index (χ4n) is 0. The minimum atomic E-state index is 0.0347. The molecule has 0 aromatic rings. The quantitative estimate of drug-likeness (QED) is 0.440. The summed E-state index contributed by atoms with van der Waals surface area (Å²) in [6.45, 7) is 0. The molecule has 0 spiro atoms. The van der Waals surface area contributed by atoms with Gasteiger partial charge in [0.1, 0.15) is 0 Å². The van der Waals surface area contributed by atoms with Crippen LogP contribution in [0.1, 0.15) is 0 Å². The fourth-order valence-corrected chi connectivity index (χ4v) is 0. The van der Waals surface area contributed by atoms with Gasteiger partial charge >= 0.3 is 35.8 Å². The van der Waals surface area contributed by atoms with E-state index in [2.05, 4.69) is 0 Å². The molecule has 0 aromatic heterocycles. The van der Waals surface area contributed by atoms with Crippen LogP contribution in [-0.4, -0.2) is 0 Å². The molecule has 34 valence electrons. The van der Waals surface area contributed by atoms with Crippen LogP contribution in [0.25, 0.3) is 0 Å². The van der Waals surface area contributed by atoms with Gasteiger partial charge in [-0.3, -0.25) is 0 Å². The first-order valence-corrected chi connectivity index (χ1v) is 3.33. The Morgan fingerprint density at radius 1 is 1.60 bits per heavy atom. The molecular formula is C3H6CuN. The van der Waals surface area contributed by atoms with E-state index >= 15 is 0 Å². The summed E-state index contributed by atoms with van der Waals surface area (Å²) < 4.78 is 0. The Kier molecular flexibility index (Phi) is 2.26. The first kappa shape index (κ1) is 5.01. The number of nitriles is 1. The van der Waals surface area contributed by atoms with Crippen molar-refractivity contribution in [3.8, 4) is 4.97 Å². The van der Waals surface area contributed by atoms with Crippen LogP contribution in [0.3, 0.4) is 0 Å². The van der Waals surface area contributed by atoms with Crippen LogP contribution in [-0.2, 0) is 13.9 Å². The van der Waals surface area contributed by atoms with E-state index in [1.165, 1.54) is 0 Å². The molecule has 0 N–H and O–H groups in total. The summed E-state index contributed by atoms with van der Waals surface area (Å²) in [6, 6.07) is 0. The van der Waals surface area contributed by atoms with E-state index in [-0.39, 0.29) is 13.9 Å². The van der Waals surface area contributed by atoms with Crippen molar-refractivity contribution in [1.82, 2.24) is 0 Å². The van der Waals surface area contributed by atoms with Gasteiger partial charge in [-0.05, 0) is 0 Å². The maximum atomic E-state index is 7.90. The summed E-state index contributed by atoms with van der Waals surface area (Å²) in [4.78, 5) is 2.05. The third-order valence-corrected chi connectivity index (χ3v) is 0.556. The molecule has 0 bridgehead atoms. The van der Waals surface area contributed by atoms with Crippen molar-refractivity contribution in [1.29, 1.82) is 5.26 Å². The van der Waals surface area contributed by atoms with Gasteiger partial charge in [0.05, 0.1) is 0 Å². The summed E-state index contributed by atoms with van der Waals surface area (Å²) in [5, 5.41) is 7.90. The van der Waals surface area contributed by atoms with Crippen molar-refractivity contribution in [2.45, 2.75) is 11.6 Å². The molecule has 0 saturated carbocycles. The summed E-state index contributed by atoms with van der Waals surface area (Å²) >= 11 is 0.0347. The third-order valence-electron chi connectivity index (χ3n) is 0.135. The van der Waals surface area contributed by atoms with E-state index in [1.54, 1.807) is 0 Å². The molecule has 0 rings (SSSR count). The van der Waals surface area contributed by atoms with Crippen LogP contribution in [0.5, 0.6) is 0 Å². The summed E-state index contributed by atoms with van der Waals surface area (Å²) in [5.41, 5.74) is 0. The van der Waals surface area contributed by atoms with E-state index in [0.29, 0.717) is 0 Å². The van der Waals surface area contributed by atoms with Gasteiger partial charge in [0.15, 0.2) is 0 Å². The molecule has 0 saturated heterocycles. The Morgan fingerprint density at radius 3 is 1.80 bits per heavy atom. The van der Waals surface area contributed by atoms with Crippen LogP contribution >= 0.6 is 0 Å². The normalized spacial score (nSPS) is 9.40. The van der Waals surface area contributed by atoms with E-state index in [0.717, 1.165) is 0 Å². The predicted octanol–water partition coefficient (Wildman–Crippen LogP) is 1.18. The number of nitrogens with zero attached hydrogens (tertiary/aromatic N) is 1. The van der Waals surface area contributed by atoms with Gasteiger partial charge < -0.3 is 0 Å². The van der Waals surface area contributed by atoms with Crippen LogP contribution in [0.15, 0.2) is 0 Å². The monoisotopic (exact) mass is 119 g/mol. The van der Waals surface area contributed by atoms with E-state index in [9.17, 15) is 0 Å². The average molecular weight is 120 g/mol. The molecule has 1 nitrogen and oxygen atoms in total. The van der Waals surface area contributed by atoms with Gasteiger partial charge in [-0.25, -0.2) is 0 Å². The standard InChI is InChI=1S/CN.2CH3.Cu/c1-2;;;/h;2*1H3;. The number of rotatable bonds is 0. The summed E-state index contributed by atoms with van der Waals surface area (Å²) in [6.07, 6.45) is 0. The molecule has 0 aromatic carbocycles. The molecule has 0 atom stereocenters. The second-order valence-corrected chi connectivity index (χ2v) is 2.76. The Labute approximate surface area is 36.5 Å². The Hall–Kier alpha value is 0.00948. The minimum absolute atomic E-state index is 0.0347. The second-order valence-electron chi connectivity index (χ2n) is 0.670. The average Bonchev–Trinajstić information content (AvgIpc) is 1.38. The van der Waals surface area contributed by atoms with Gasteiger partial charge in [0.25, 0.3) is 0 Å². The van der Waals surface area contributed by atoms with Gasteiger partial charge in [-0.2, -0.15) is 0 Å². The fraction of sp³-hybridized carbons (Fsp3) is 0.667. The molecule has 0 unspecified atom stereocenters. The van der Waals surface area contributed by atoms with Crippen molar-refractivity contribution < 1.29 is 13.9 Å². The van der Waals surface area contributed by atoms with Crippen molar-refractivity contribution in [3.05, 3.63) is 0 Å². The molecule has 0 amide bonds. The summed E-state index contributed by atoms with van der Waals surface area (Å²) in [5.74, 6) is 3.76. The second kappa shape index (κ2) is 2.26. The van der Waals surface area contributed by atoms with Gasteiger partial charge in [0, 0.05) is 0 Å². The maximum absolute atomic E-state index is 7.90. The topological polar surface area (TPSA) is 23.8 Å². The molecule has 0 aliphatic carbocycles. The SMILES string of the molecule is [CH3][Cu]([CH3])[C]#N. The van der Waals surface area contributed by atoms with Gasteiger partial charge in [0.2, 0.25) is 0 Å². The zero-order valence-corrected chi connectivity index (χ0v) is 4.19. The van der Waals surface area contributed by atoms with Crippen LogP contribution in [0.2, 0.25) is 11.6 Å². The summed E-state index contributed by atoms with van der Waals surface area (Å²) in [7, 11) is 0. The molecule has 0 heterocycles. The number of hydrogen-bond acceptors (Lipinski definition) is 1. The van der Waals surface area contributed by atoms with E-state index < -0.39 is 0 Å². The zero-order valence-electron chi connectivity index (χ0n) is 3.25. The predicted molar refractivity (Wildman–Crippen MR) is 17.3 cm³/mol. The van der Waals surface area contributed by atoms with Gasteiger partial charge in [-0.1, -0.05) is 0 Å². The molecular weight excluding hydrogens is 114 g/mol. The van der Waals surface area contributed by atoms with Crippen LogP contribution < -0.4 is 0 Å². The Morgan fingerprint density at radius 2 is 1.80 bits per heavy atom. The van der Waals surface area contributed by atoms with E-state index in [4.69, 9.17) is 5.26 Å². The van der Waals surface area contributed by atoms with Crippen molar-refractivity contribution >= 4 is 0 Å². The molecule has 0 radical (unpaired) electrons. The molecule has 0 aliphatic rings. The third kappa shape index (κ3) is 4.01. The van der Waals surface area contributed by atoms with Gasteiger partial charge in [-0.15, -0.1) is 0 Å². The van der Waals surface area contributed by atoms with Crippen molar-refractivity contribution in [3.63, 3.8) is 0 Å². The van der Waals surface area contributed by atoms with Crippen molar-refractivity contribution in [2.24, 2.45) is 0 Å². The van der Waals surface area contributed by atoms with E-state index in [1.807, 2.05) is 16.6 Å². The molecule has 0 aliphatic heterocycles. The Balaban J connectivity index is 2.94. The molecule has 0 fully saturated rings. The molecule has 2 heteroatoms. The first-order valence-electron chi connectivity index (χ1n) is 0.977. The first-order chi connectivity index (χ1) is 2.27. The molecule has 5 heavy (non-hydrogen) atoms. The van der Waals surface area contributed by atoms with Crippen LogP contribution in [0.4, 0.5) is 0 Å².